The Bertz CT molecular complexity index is 458. The second-order valence-electron chi connectivity index (χ2n) is 6.13. The molecule has 0 aromatic heterocycles. The first-order valence-corrected chi connectivity index (χ1v) is 7.33. The molecule has 1 aromatic carbocycles. The summed E-state index contributed by atoms with van der Waals surface area (Å²) in [6.45, 7) is 8.06. The second-order valence-corrected chi connectivity index (χ2v) is 6.57. The molecule has 0 saturated carbocycles. The summed E-state index contributed by atoms with van der Waals surface area (Å²) in [6, 6.07) is 7.30. The molecule has 1 rings (SSSR count). The van der Waals surface area contributed by atoms with Crippen molar-refractivity contribution < 1.29 is 9.90 Å². The van der Waals surface area contributed by atoms with E-state index in [-0.39, 0.29) is 12.5 Å². The highest BCUT2D eigenvalue weighted by atomic mass is 35.5. The Balaban J connectivity index is 2.66. The Morgan fingerprint density at radius 2 is 2.05 bits per heavy atom. The number of amides is 1. The Morgan fingerprint density at radius 1 is 1.40 bits per heavy atom. The summed E-state index contributed by atoms with van der Waals surface area (Å²) >= 11 is 5.97. The molecule has 1 amide bonds. The lowest BCUT2D eigenvalue weighted by Crippen LogP contribution is -2.43. The van der Waals surface area contributed by atoms with Gasteiger partial charge in [-0.2, -0.15) is 0 Å². The van der Waals surface area contributed by atoms with E-state index < -0.39 is 11.5 Å². The van der Waals surface area contributed by atoms with Gasteiger partial charge in [-0.05, 0) is 43.9 Å². The van der Waals surface area contributed by atoms with Crippen LogP contribution in [-0.2, 0) is 10.2 Å². The van der Waals surface area contributed by atoms with Crippen LogP contribution < -0.4 is 5.32 Å². The van der Waals surface area contributed by atoms with Crippen LogP contribution in [0.1, 0.15) is 39.7 Å². The van der Waals surface area contributed by atoms with E-state index in [1.165, 1.54) is 0 Å². The standard InChI is InChI=1S/C16H24ClNO2/c1-11(2)8-14(19)10-18-15(20)16(3,4)12-6-5-7-13(17)9-12/h5-7,9,11,14,19H,8,10H2,1-4H3,(H,18,20). The first kappa shape index (κ1) is 17.0. The van der Waals surface area contributed by atoms with Crippen LogP contribution in [0.15, 0.2) is 24.3 Å². The van der Waals surface area contributed by atoms with Crippen LogP contribution in [-0.4, -0.2) is 23.7 Å². The highest BCUT2D eigenvalue weighted by molar-refractivity contribution is 6.30. The Labute approximate surface area is 126 Å². The summed E-state index contributed by atoms with van der Waals surface area (Å²) < 4.78 is 0. The average molecular weight is 298 g/mol. The van der Waals surface area contributed by atoms with Crippen molar-refractivity contribution in [2.45, 2.75) is 45.6 Å². The van der Waals surface area contributed by atoms with Gasteiger partial charge in [0.2, 0.25) is 5.91 Å². The normalized spacial score (nSPS) is 13.3. The van der Waals surface area contributed by atoms with Gasteiger partial charge in [0.25, 0.3) is 0 Å². The molecule has 1 unspecified atom stereocenters. The van der Waals surface area contributed by atoms with Crippen LogP contribution >= 0.6 is 11.6 Å². The van der Waals surface area contributed by atoms with Crippen molar-refractivity contribution in [2.24, 2.45) is 5.92 Å². The molecule has 112 valence electrons. The summed E-state index contributed by atoms with van der Waals surface area (Å²) in [5.74, 6) is 0.297. The number of hydrogen-bond acceptors (Lipinski definition) is 2. The van der Waals surface area contributed by atoms with Gasteiger partial charge in [0.1, 0.15) is 0 Å². The van der Waals surface area contributed by atoms with E-state index in [2.05, 4.69) is 5.32 Å². The molecule has 0 saturated heterocycles. The molecular formula is C16H24ClNO2. The molecule has 0 radical (unpaired) electrons. The van der Waals surface area contributed by atoms with Crippen LogP contribution in [0.5, 0.6) is 0 Å². The molecule has 2 N–H and O–H groups in total. The van der Waals surface area contributed by atoms with Crippen molar-refractivity contribution in [3.63, 3.8) is 0 Å². The summed E-state index contributed by atoms with van der Waals surface area (Å²) in [7, 11) is 0. The van der Waals surface area contributed by atoms with E-state index in [0.29, 0.717) is 17.4 Å². The summed E-state index contributed by atoms with van der Waals surface area (Å²) in [5.41, 5.74) is 0.184. The van der Waals surface area contributed by atoms with E-state index in [1.54, 1.807) is 12.1 Å². The number of nitrogens with one attached hydrogen (secondary N) is 1. The topological polar surface area (TPSA) is 49.3 Å². The fourth-order valence-corrected chi connectivity index (χ4v) is 2.26. The minimum atomic E-state index is -0.678. The van der Waals surface area contributed by atoms with Gasteiger partial charge in [-0.25, -0.2) is 0 Å². The maximum atomic E-state index is 12.3. The zero-order valence-electron chi connectivity index (χ0n) is 12.6. The molecule has 0 heterocycles. The Morgan fingerprint density at radius 3 is 2.60 bits per heavy atom. The maximum absolute atomic E-state index is 12.3. The number of halogens is 1. The number of carbonyl (C=O) groups excluding carboxylic acids is 1. The van der Waals surface area contributed by atoms with Gasteiger partial charge in [-0.15, -0.1) is 0 Å². The van der Waals surface area contributed by atoms with E-state index >= 15 is 0 Å². The summed E-state index contributed by atoms with van der Waals surface area (Å²) in [5, 5.41) is 13.2. The molecule has 0 spiro atoms. The van der Waals surface area contributed by atoms with Crippen LogP contribution in [0.25, 0.3) is 0 Å². The smallest absolute Gasteiger partial charge is 0.230 e. The highest BCUT2D eigenvalue weighted by Crippen LogP contribution is 2.25. The third-order valence-electron chi connectivity index (χ3n) is 3.36. The summed E-state index contributed by atoms with van der Waals surface area (Å²) in [6.07, 6.45) is 0.173. The van der Waals surface area contributed by atoms with Gasteiger partial charge in [-0.3, -0.25) is 4.79 Å². The van der Waals surface area contributed by atoms with Crippen molar-refractivity contribution >= 4 is 17.5 Å². The molecule has 0 bridgehead atoms. The molecule has 4 heteroatoms. The number of aliphatic hydroxyl groups is 1. The molecule has 0 aliphatic rings. The lowest BCUT2D eigenvalue weighted by atomic mass is 9.83. The minimum Gasteiger partial charge on any atom is -0.391 e. The number of aliphatic hydroxyl groups excluding tert-OH is 1. The van der Waals surface area contributed by atoms with E-state index in [4.69, 9.17) is 11.6 Å². The maximum Gasteiger partial charge on any atom is 0.230 e. The molecular weight excluding hydrogens is 274 g/mol. The van der Waals surface area contributed by atoms with Gasteiger partial charge in [-0.1, -0.05) is 37.6 Å². The monoisotopic (exact) mass is 297 g/mol. The Kier molecular flexibility index (Phi) is 6.03. The third kappa shape index (κ3) is 4.80. The van der Waals surface area contributed by atoms with Gasteiger partial charge in [0, 0.05) is 11.6 Å². The zero-order valence-corrected chi connectivity index (χ0v) is 13.4. The van der Waals surface area contributed by atoms with Crippen molar-refractivity contribution in [3.05, 3.63) is 34.9 Å². The molecule has 0 aliphatic carbocycles. The van der Waals surface area contributed by atoms with Crippen LogP contribution in [0, 0.1) is 5.92 Å². The first-order chi connectivity index (χ1) is 9.23. The average Bonchev–Trinajstić information content (AvgIpc) is 2.35. The van der Waals surface area contributed by atoms with Crippen molar-refractivity contribution in [2.75, 3.05) is 6.54 Å². The van der Waals surface area contributed by atoms with Gasteiger partial charge < -0.3 is 10.4 Å². The number of hydrogen-bond donors (Lipinski definition) is 2. The van der Waals surface area contributed by atoms with Crippen molar-refractivity contribution in [1.29, 1.82) is 0 Å². The van der Waals surface area contributed by atoms with E-state index in [1.807, 2.05) is 39.8 Å². The fourth-order valence-electron chi connectivity index (χ4n) is 2.07. The molecule has 1 atom stereocenters. The fraction of sp³-hybridized carbons (Fsp3) is 0.562. The SMILES string of the molecule is CC(C)CC(O)CNC(=O)C(C)(C)c1cccc(Cl)c1. The lowest BCUT2D eigenvalue weighted by Gasteiger charge is -2.25. The Hall–Kier alpha value is -1.06. The first-order valence-electron chi connectivity index (χ1n) is 6.96. The zero-order chi connectivity index (χ0) is 15.3. The van der Waals surface area contributed by atoms with Crippen LogP contribution in [0.3, 0.4) is 0 Å². The number of benzene rings is 1. The summed E-state index contributed by atoms with van der Waals surface area (Å²) in [4.78, 5) is 12.3. The van der Waals surface area contributed by atoms with Gasteiger partial charge in [0.15, 0.2) is 0 Å². The van der Waals surface area contributed by atoms with Crippen LogP contribution in [0.2, 0.25) is 5.02 Å². The largest absolute Gasteiger partial charge is 0.391 e. The molecule has 0 aliphatic heterocycles. The van der Waals surface area contributed by atoms with Gasteiger partial charge >= 0.3 is 0 Å². The number of rotatable bonds is 6. The molecule has 0 fully saturated rings. The van der Waals surface area contributed by atoms with Crippen molar-refractivity contribution in [3.8, 4) is 0 Å². The van der Waals surface area contributed by atoms with E-state index in [0.717, 1.165) is 5.56 Å². The minimum absolute atomic E-state index is 0.109. The lowest BCUT2D eigenvalue weighted by molar-refractivity contribution is -0.126. The third-order valence-corrected chi connectivity index (χ3v) is 3.59. The molecule has 1 aromatic rings. The second kappa shape index (κ2) is 7.09. The molecule has 3 nitrogen and oxygen atoms in total. The highest BCUT2D eigenvalue weighted by Gasteiger charge is 2.30. The van der Waals surface area contributed by atoms with E-state index in [9.17, 15) is 9.90 Å². The predicted octanol–water partition coefficient (Wildman–Crippen LogP) is 3.14. The van der Waals surface area contributed by atoms with Crippen LogP contribution in [0.4, 0.5) is 0 Å². The number of carbonyl (C=O) groups is 1. The quantitative estimate of drug-likeness (QED) is 0.847. The van der Waals surface area contributed by atoms with Gasteiger partial charge in [0.05, 0.1) is 11.5 Å². The molecule has 20 heavy (non-hydrogen) atoms. The van der Waals surface area contributed by atoms with Crippen molar-refractivity contribution in [1.82, 2.24) is 5.32 Å². The predicted molar refractivity (Wildman–Crippen MR) is 82.9 cm³/mol.